The monoisotopic (exact) mass is 303 g/mol. The predicted octanol–water partition coefficient (Wildman–Crippen LogP) is 3.92. The SMILES string of the molecule is N#Cc1cnc2ccc(OC(F)F)cc2c1NCCC1CC1. The zero-order chi connectivity index (χ0) is 15.5. The zero-order valence-corrected chi connectivity index (χ0v) is 11.9. The fourth-order valence-electron chi connectivity index (χ4n) is 2.43. The maximum Gasteiger partial charge on any atom is 0.387 e. The van der Waals surface area contributed by atoms with E-state index < -0.39 is 6.61 Å². The third kappa shape index (κ3) is 3.25. The van der Waals surface area contributed by atoms with Gasteiger partial charge in [-0.05, 0) is 30.5 Å². The number of nitriles is 1. The second-order valence-electron chi connectivity index (χ2n) is 5.37. The first-order chi connectivity index (χ1) is 10.7. The van der Waals surface area contributed by atoms with E-state index in [-0.39, 0.29) is 5.75 Å². The molecule has 0 bridgehead atoms. The molecule has 1 aromatic heterocycles. The lowest BCUT2D eigenvalue weighted by molar-refractivity contribution is -0.0497. The van der Waals surface area contributed by atoms with Gasteiger partial charge in [0.15, 0.2) is 0 Å². The summed E-state index contributed by atoms with van der Waals surface area (Å²) in [5.74, 6) is 0.827. The number of nitrogens with zero attached hydrogens (tertiary/aromatic N) is 2. The summed E-state index contributed by atoms with van der Waals surface area (Å²) in [4.78, 5) is 4.18. The first kappa shape index (κ1) is 14.5. The molecule has 1 aliphatic carbocycles. The summed E-state index contributed by atoms with van der Waals surface area (Å²) in [7, 11) is 0. The van der Waals surface area contributed by atoms with Crippen molar-refractivity contribution in [3.63, 3.8) is 0 Å². The van der Waals surface area contributed by atoms with Crippen LogP contribution in [0.25, 0.3) is 10.9 Å². The molecule has 1 aliphatic rings. The highest BCUT2D eigenvalue weighted by molar-refractivity contribution is 5.94. The van der Waals surface area contributed by atoms with Gasteiger partial charge in [0.2, 0.25) is 0 Å². The molecule has 0 amide bonds. The van der Waals surface area contributed by atoms with Crippen LogP contribution in [0.2, 0.25) is 0 Å². The second kappa shape index (κ2) is 6.14. The van der Waals surface area contributed by atoms with Crippen LogP contribution in [-0.4, -0.2) is 18.1 Å². The lowest BCUT2D eigenvalue weighted by atomic mass is 10.1. The maximum atomic E-state index is 12.4. The number of rotatable bonds is 6. The summed E-state index contributed by atoms with van der Waals surface area (Å²) >= 11 is 0. The van der Waals surface area contributed by atoms with Crippen molar-refractivity contribution in [2.24, 2.45) is 5.92 Å². The quantitative estimate of drug-likeness (QED) is 0.878. The van der Waals surface area contributed by atoms with Crippen molar-refractivity contribution < 1.29 is 13.5 Å². The summed E-state index contributed by atoms with van der Waals surface area (Å²) in [5, 5.41) is 13.1. The Bertz CT molecular complexity index is 723. The van der Waals surface area contributed by atoms with Crippen molar-refractivity contribution in [1.82, 2.24) is 4.98 Å². The molecular formula is C16H15F2N3O. The standard InChI is InChI=1S/C16H15F2N3O/c17-16(18)22-12-3-4-14-13(7-12)15(11(8-19)9-21-14)20-6-5-10-1-2-10/h3-4,7,9-10,16H,1-2,5-6H2,(H,20,21). The lowest BCUT2D eigenvalue weighted by Gasteiger charge is -2.12. The topological polar surface area (TPSA) is 57.9 Å². The Morgan fingerprint density at radius 1 is 1.41 bits per heavy atom. The summed E-state index contributed by atoms with van der Waals surface area (Å²) < 4.78 is 29.2. The van der Waals surface area contributed by atoms with Gasteiger partial charge in [0, 0.05) is 18.1 Å². The molecule has 0 aliphatic heterocycles. The van der Waals surface area contributed by atoms with E-state index in [0.29, 0.717) is 22.2 Å². The molecule has 6 heteroatoms. The smallest absolute Gasteiger partial charge is 0.387 e. The fraction of sp³-hybridized carbons (Fsp3) is 0.375. The fourth-order valence-corrected chi connectivity index (χ4v) is 2.43. The van der Waals surface area contributed by atoms with Gasteiger partial charge in [-0.25, -0.2) is 0 Å². The number of aromatic nitrogens is 1. The van der Waals surface area contributed by atoms with Gasteiger partial charge in [0.25, 0.3) is 0 Å². The van der Waals surface area contributed by atoms with Crippen LogP contribution in [0.1, 0.15) is 24.8 Å². The molecule has 0 spiro atoms. The van der Waals surface area contributed by atoms with Crippen LogP contribution in [0.5, 0.6) is 5.75 Å². The van der Waals surface area contributed by atoms with E-state index in [9.17, 15) is 14.0 Å². The second-order valence-corrected chi connectivity index (χ2v) is 5.37. The third-order valence-electron chi connectivity index (χ3n) is 3.74. The van der Waals surface area contributed by atoms with Crippen molar-refractivity contribution >= 4 is 16.6 Å². The number of hydrogen-bond acceptors (Lipinski definition) is 4. The minimum absolute atomic E-state index is 0.0598. The Hall–Kier alpha value is -2.42. The highest BCUT2D eigenvalue weighted by Gasteiger charge is 2.20. The summed E-state index contributed by atoms with van der Waals surface area (Å²) in [6.45, 7) is -2.13. The van der Waals surface area contributed by atoms with E-state index >= 15 is 0 Å². The number of fused-ring (bicyclic) bond motifs is 1. The number of ether oxygens (including phenoxy) is 1. The summed E-state index contributed by atoms with van der Waals surface area (Å²) in [5.41, 5.74) is 1.67. The third-order valence-corrected chi connectivity index (χ3v) is 3.74. The first-order valence-corrected chi connectivity index (χ1v) is 7.19. The molecule has 0 radical (unpaired) electrons. The van der Waals surface area contributed by atoms with E-state index in [0.717, 1.165) is 18.9 Å². The summed E-state index contributed by atoms with van der Waals surface area (Å²) in [6, 6.07) is 6.64. The molecule has 1 fully saturated rings. The number of hydrogen-bond donors (Lipinski definition) is 1. The molecule has 22 heavy (non-hydrogen) atoms. The Balaban J connectivity index is 1.94. The van der Waals surface area contributed by atoms with Gasteiger partial charge in [0.1, 0.15) is 11.8 Å². The molecule has 1 heterocycles. The number of pyridine rings is 1. The minimum Gasteiger partial charge on any atom is -0.435 e. The van der Waals surface area contributed by atoms with Crippen LogP contribution >= 0.6 is 0 Å². The van der Waals surface area contributed by atoms with E-state index in [2.05, 4.69) is 21.1 Å². The minimum atomic E-state index is -2.88. The molecule has 1 saturated carbocycles. The van der Waals surface area contributed by atoms with Crippen molar-refractivity contribution in [3.05, 3.63) is 30.0 Å². The van der Waals surface area contributed by atoms with Gasteiger partial charge < -0.3 is 10.1 Å². The number of anilines is 1. The van der Waals surface area contributed by atoms with E-state index in [1.54, 1.807) is 6.07 Å². The van der Waals surface area contributed by atoms with E-state index in [4.69, 9.17) is 0 Å². The summed E-state index contributed by atoms with van der Waals surface area (Å²) in [6.07, 6.45) is 5.06. The molecule has 1 aromatic carbocycles. The van der Waals surface area contributed by atoms with Crippen molar-refractivity contribution in [1.29, 1.82) is 5.26 Å². The van der Waals surface area contributed by atoms with E-state index in [1.807, 2.05) is 0 Å². The van der Waals surface area contributed by atoms with Crippen molar-refractivity contribution in [3.8, 4) is 11.8 Å². The molecule has 0 unspecified atom stereocenters. The molecule has 4 nitrogen and oxygen atoms in total. The number of nitrogens with one attached hydrogen (secondary N) is 1. The van der Waals surface area contributed by atoms with Gasteiger partial charge in [0.05, 0.1) is 16.8 Å². The molecule has 1 N–H and O–H groups in total. The number of alkyl halides is 2. The van der Waals surface area contributed by atoms with Gasteiger partial charge in [-0.2, -0.15) is 14.0 Å². The Morgan fingerprint density at radius 2 is 2.23 bits per heavy atom. The average Bonchev–Trinajstić information content (AvgIpc) is 3.31. The Morgan fingerprint density at radius 3 is 2.91 bits per heavy atom. The Labute approximate surface area is 126 Å². The molecule has 3 rings (SSSR count). The highest BCUT2D eigenvalue weighted by Crippen LogP contribution is 2.33. The zero-order valence-electron chi connectivity index (χ0n) is 11.9. The lowest BCUT2D eigenvalue weighted by Crippen LogP contribution is -2.06. The molecule has 0 saturated heterocycles. The largest absolute Gasteiger partial charge is 0.435 e. The Kier molecular flexibility index (Phi) is 4.05. The first-order valence-electron chi connectivity index (χ1n) is 7.19. The van der Waals surface area contributed by atoms with Gasteiger partial charge >= 0.3 is 6.61 Å². The van der Waals surface area contributed by atoms with Gasteiger partial charge in [-0.1, -0.05) is 12.8 Å². The van der Waals surface area contributed by atoms with Crippen LogP contribution in [-0.2, 0) is 0 Å². The average molecular weight is 303 g/mol. The van der Waals surface area contributed by atoms with Crippen LogP contribution in [0, 0.1) is 17.2 Å². The molecular weight excluding hydrogens is 288 g/mol. The number of benzene rings is 1. The van der Waals surface area contributed by atoms with Crippen LogP contribution < -0.4 is 10.1 Å². The van der Waals surface area contributed by atoms with E-state index in [1.165, 1.54) is 31.2 Å². The molecule has 114 valence electrons. The van der Waals surface area contributed by atoms with Crippen LogP contribution in [0.15, 0.2) is 24.4 Å². The van der Waals surface area contributed by atoms with Crippen molar-refractivity contribution in [2.45, 2.75) is 25.9 Å². The maximum absolute atomic E-state index is 12.4. The molecule has 0 atom stereocenters. The predicted molar refractivity (Wildman–Crippen MR) is 78.9 cm³/mol. The van der Waals surface area contributed by atoms with Crippen LogP contribution in [0.3, 0.4) is 0 Å². The highest BCUT2D eigenvalue weighted by atomic mass is 19.3. The van der Waals surface area contributed by atoms with Gasteiger partial charge in [-0.15, -0.1) is 0 Å². The normalized spacial score (nSPS) is 14.1. The van der Waals surface area contributed by atoms with Crippen molar-refractivity contribution in [2.75, 3.05) is 11.9 Å². The van der Waals surface area contributed by atoms with Crippen LogP contribution in [0.4, 0.5) is 14.5 Å². The van der Waals surface area contributed by atoms with Gasteiger partial charge in [-0.3, -0.25) is 4.98 Å². The number of halogens is 2. The molecule has 2 aromatic rings.